The van der Waals surface area contributed by atoms with E-state index in [1.54, 1.807) is 0 Å². The number of hydrogen-bond donors (Lipinski definition) is 3. The summed E-state index contributed by atoms with van der Waals surface area (Å²) in [7, 11) is 0. The van der Waals surface area contributed by atoms with Crippen LogP contribution in [0.3, 0.4) is 0 Å². The van der Waals surface area contributed by atoms with Gasteiger partial charge in [0, 0.05) is 111 Å². The molecule has 0 bridgehead atoms. The molecule has 0 fully saturated rings. The van der Waals surface area contributed by atoms with E-state index >= 15 is 0 Å². The van der Waals surface area contributed by atoms with E-state index in [4.69, 9.17) is 30.3 Å². The fraction of sp³-hybridized carbons (Fsp3) is 0.224. The van der Waals surface area contributed by atoms with E-state index in [9.17, 15) is 14.4 Å². The average Bonchev–Trinajstić information content (AvgIpc) is 1.57. The first-order valence-electron chi connectivity index (χ1n) is 42.8. The quantitative estimate of drug-likeness (QED) is 0.0729. The monoisotopic (exact) mass is 2220 g/mol. The molecule has 0 spiro atoms. The Morgan fingerprint density at radius 2 is 0.594 bits per heavy atom. The molecule has 0 amide bonds. The predicted molar refractivity (Wildman–Crippen MR) is 520 cm³/mol. The molecule has 657 valence electrons. The minimum absolute atomic E-state index is 0. The number of fused-ring (bicyclic) bond motifs is 12. The van der Waals surface area contributed by atoms with Gasteiger partial charge in [0.1, 0.15) is 0 Å². The molecule has 0 unspecified atom stereocenters. The first kappa shape index (κ1) is 98.6. The van der Waals surface area contributed by atoms with Crippen molar-refractivity contribution in [3.8, 4) is 101 Å². The van der Waals surface area contributed by atoms with E-state index in [1.807, 2.05) is 0 Å². The molecule has 9 nitrogen and oxygen atoms in total. The van der Waals surface area contributed by atoms with Crippen LogP contribution in [0.5, 0.6) is 0 Å². The molecule has 3 aliphatic rings. The van der Waals surface area contributed by atoms with Crippen LogP contribution in [-0.4, -0.2) is 47.6 Å². The van der Waals surface area contributed by atoms with Crippen molar-refractivity contribution in [3.63, 3.8) is 0 Å². The molecule has 18 rings (SSSR count). The predicted octanol–water partition coefficient (Wildman–Crippen LogP) is 29.5. The van der Waals surface area contributed by atoms with Crippen LogP contribution < -0.4 is 0 Å². The van der Waals surface area contributed by atoms with Crippen molar-refractivity contribution in [1.82, 2.24) is 15.0 Å². The van der Waals surface area contributed by atoms with Gasteiger partial charge in [-0.15, -0.1) is 105 Å². The Kier molecular flexibility index (Phi) is 31.1. The maximum absolute atomic E-state index is 10.0. The van der Waals surface area contributed by atoms with Crippen molar-refractivity contribution >= 4 is 50.1 Å². The van der Waals surface area contributed by atoms with Crippen molar-refractivity contribution in [2.75, 3.05) is 0 Å². The minimum Gasteiger partial charge on any atom is -0.512 e. The Morgan fingerprint density at radius 1 is 0.273 bits per heavy atom. The second kappa shape index (κ2) is 40.4. The standard InChI is InChI=1S/2C34H30N.C33H28N.3C5H8O2.3Ir/c1-20-11-12-23(4)26(16-20)27-18-32(24-14-21(2)13-22(3)15-24)35-33-19-31-28(17-29(27)33)25-9-7-8-10-30(25)34(31,5)6;1-20-11-12-25(23(4)14-20)27-18-32(24-15-21(2)13-22(3)16-24)35-33-19-31-28(17-29(27)33)26-9-7-8-10-30(26)34(31,5)6;1-20-9-8-10-23(14-20)26-18-31(24-15-21(2)13-22(3)16-24)34-32-19-30-27(17-28(26)32)25-11-6-7-12-29(25)33(30,4)5;3*1-4(6)3-5(2)7;;;/h7-14,16-19H,1-6H3;7-15,17-19H,1-6H3;6-15,17-19H,1-5H3;3*3,6H,1-2H3;;;/q3*-1;;;;;;. The summed E-state index contributed by atoms with van der Waals surface area (Å²) in [4.78, 5) is 45.7. The third kappa shape index (κ3) is 21.5. The zero-order chi connectivity index (χ0) is 90.2. The van der Waals surface area contributed by atoms with Gasteiger partial charge in [-0.1, -0.05) is 251 Å². The van der Waals surface area contributed by atoms with Gasteiger partial charge in [-0.2, -0.15) is 0 Å². The normalized spacial score (nSPS) is 13.0. The van der Waals surface area contributed by atoms with Crippen LogP contribution in [0.1, 0.15) is 178 Å². The number of benzene rings is 12. The van der Waals surface area contributed by atoms with E-state index in [0.717, 1.165) is 67.0 Å². The minimum atomic E-state index is -0.125. The molecule has 12 aromatic carbocycles. The Balaban J connectivity index is 0.000000177. The second-order valence-electron chi connectivity index (χ2n) is 35.9. The van der Waals surface area contributed by atoms with Gasteiger partial charge >= 0.3 is 0 Å². The van der Waals surface area contributed by atoms with E-state index in [0.29, 0.717) is 0 Å². The number of allylic oxidation sites excluding steroid dienone is 6. The molecule has 128 heavy (non-hydrogen) atoms. The number of pyridine rings is 3. The molecule has 0 aliphatic heterocycles. The van der Waals surface area contributed by atoms with Gasteiger partial charge < -0.3 is 15.3 Å². The van der Waals surface area contributed by atoms with Crippen molar-refractivity contribution in [2.24, 2.45) is 0 Å². The number of rotatable bonds is 9. The maximum Gasteiger partial charge on any atom is 0.155 e. The molecule has 15 aromatic rings. The summed E-state index contributed by atoms with van der Waals surface area (Å²) < 4.78 is 0. The molecule has 3 heterocycles. The van der Waals surface area contributed by atoms with E-state index in [-0.39, 0.29) is 111 Å². The van der Waals surface area contributed by atoms with Crippen molar-refractivity contribution in [2.45, 2.75) is 175 Å². The zero-order valence-corrected chi connectivity index (χ0v) is 84.7. The summed E-state index contributed by atoms with van der Waals surface area (Å²) in [5.41, 5.74) is 46.3. The smallest absolute Gasteiger partial charge is 0.155 e. The van der Waals surface area contributed by atoms with Gasteiger partial charge in [0.05, 0.1) is 33.8 Å². The zero-order valence-electron chi connectivity index (χ0n) is 77.5. The number of hydrogen-bond acceptors (Lipinski definition) is 9. The summed E-state index contributed by atoms with van der Waals surface area (Å²) in [6, 6.07) is 93.4. The van der Waals surface area contributed by atoms with E-state index < -0.39 is 0 Å². The Bertz CT molecular complexity index is 6820. The maximum atomic E-state index is 10.0. The first-order valence-corrected chi connectivity index (χ1v) is 42.8. The van der Waals surface area contributed by atoms with Gasteiger partial charge in [0.2, 0.25) is 0 Å². The van der Waals surface area contributed by atoms with Crippen LogP contribution in [0.2, 0.25) is 0 Å². The number of aryl methyl sites for hydroxylation is 11. The Morgan fingerprint density at radius 3 is 0.922 bits per heavy atom. The van der Waals surface area contributed by atoms with Crippen LogP contribution in [0.4, 0.5) is 0 Å². The SMILES string of the molecule is CC(=O)C=C(C)O.CC(=O)C=C(C)O.CC(=O)C=C(C)O.Cc1[c-]c(-c2cc(-c3cc(C)ccc3C)c3cc4c(cc3n2)C(C)(C)c2ccccc2-4)cc(C)c1.Cc1[c-]c(-c2cc(-c3ccc(C)cc3C)c3cc4c(cc3n2)C(C)(C)c2ccccc2-4)cc(C)c1.Cc1[c-]c(-c2cc(-c3cccc(C)c3)c3cc4c(cc3n2)C(C)(C)c2ccccc2-4)cc(C)c1.[Ir].[Ir].[Ir]. The summed E-state index contributed by atoms with van der Waals surface area (Å²) in [5, 5.41) is 28.7. The van der Waals surface area contributed by atoms with Crippen molar-refractivity contribution in [3.05, 3.63) is 373 Å². The molecule has 0 atom stereocenters. The molecule has 12 heteroatoms. The fourth-order valence-corrected chi connectivity index (χ4v) is 18.3. The number of aromatic nitrogens is 3. The summed E-state index contributed by atoms with van der Waals surface area (Å²) in [6.07, 6.45) is 3.50. The van der Waals surface area contributed by atoms with Gasteiger partial charge in [-0.3, -0.25) is 29.3 Å². The molecule has 3 radical (unpaired) electrons. The first-order chi connectivity index (χ1) is 59.1. The third-order valence-corrected chi connectivity index (χ3v) is 23.7. The van der Waals surface area contributed by atoms with Gasteiger partial charge in [-0.05, 0) is 241 Å². The number of carbonyl (C=O) groups is 3. The molecule has 3 N–H and O–H groups in total. The molecular weight excluding hydrogens is 2110 g/mol. The summed E-state index contributed by atoms with van der Waals surface area (Å²) >= 11 is 0. The Hall–Kier alpha value is -11.6. The van der Waals surface area contributed by atoms with Crippen molar-refractivity contribution < 1.29 is 90.0 Å². The summed E-state index contributed by atoms with van der Waals surface area (Å²) in [6.45, 7) is 46.1. The Labute approximate surface area is 797 Å². The molecule has 0 saturated heterocycles. The molecular formula is C116H112Ir3N3O6-3. The molecule has 3 aromatic heterocycles. The summed E-state index contributed by atoms with van der Waals surface area (Å²) in [5.74, 6) is -0.187. The van der Waals surface area contributed by atoms with Crippen LogP contribution in [0.25, 0.3) is 133 Å². The van der Waals surface area contributed by atoms with Crippen LogP contribution in [-0.2, 0) is 90.9 Å². The second-order valence-corrected chi connectivity index (χ2v) is 35.9. The molecule has 3 aliphatic carbocycles. The topological polar surface area (TPSA) is 151 Å². The number of aliphatic hydroxyl groups is 3. The van der Waals surface area contributed by atoms with E-state index in [1.165, 1.54) is 221 Å². The molecule has 0 saturated carbocycles. The van der Waals surface area contributed by atoms with E-state index in [2.05, 4.69) is 360 Å². The van der Waals surface area contributed by atoms with Crippen LogP contribution >= 0.6 is 0 Å². The number of ketones is 3. The fourth-order valence-electron chi connectivity index (χ4n) is 18.3. The number of carbonyl (C=O) groups excluding carboxylic acids is 3. The average molecular weight is 2220 g/mol. The number of aliphatic hydroxyl groups excluding tert-OH is 3. The largest absolute Gasteiger partial charge is 0.512 e. The van der Waals surface area contributed by atoms with Gasteiger partial charge in [0.15, 0.2) is 17.3 Å². The van der Waals surface area contributed by atoms with Crippen molar-refractivity contribution in [1.29, 1.82) is 0 Å². The van der Waals surface area contributed by atoms with Gasteiger partial charge in [0.25, 0.3) is 0 Å². The van der Waals surface area contributed by atoms with Crippen LogP contribution in [0, 0.1) is 94.4 Å². The number of nitrogens with zero attached hydrogens (tertiary/aromatic N) is 3. The van der Waals surface area contributed by atoms with Gasteiger partial charge in [-0.25, -0.2) is 0 Å². The van der Waals surface area contributed by atoms with Crippen LogP contribution in [0.15, 0.2) is 260 Å². The third-order valence-electron chi connectivity index (χ3n) is 23.7.